The van der Waals surface area contributed by atoms with Crippen molar-refractivity contribution in [3.63, 3.8) is 0 Å². The molecule has 10 saturated heterocycles. The van der Waals surface area contributed by atoms with Crippen LogP contribution in [0.3, 0.4) is 0 Å². The third-order valence-electron chi connectivity index (χ3n) is 33.2. The van der Waals surface area contributed by atoms with Crippen LogP contribution in [0.1, 0.15) is 219 Å². The molecule has 40 atom stereocenters. The fourth-order valence-electron chi connectivity index (χ4n) is 24.4. The van der Waals surface area contributed by atoms with Crippen LogP contribution in [-0.4, -0.2) is 293 Å². The van der Waals surface area contributed by atoms with Crippen molar-refractivity contribution in [3.05, 3.63) is 176 Å². The summed E-state index contributed by atoms with van der Waals surface area (Å²) in [5.74, 6) is -4.25. The van der Waals surface area contributed by atoms with Crippen molar-refractivity contribution in [2.24, 2.45) is 47.3 Å². The minimum Gasteiger partial charge on any atom is -0.462 e. The van der Waals surface area contributed by atoms with E-state index in [0.717, 1.165) is 59.7 Å². The summed E-state index contributed by atoms with van der Waals surface area (Å²) in [6.45, 7) is 33.3. The number of imidazole rings is 1. The Balaban J connectivity index is 0.000000180. The van der Waals surface area contributed by atoms with Gasteiger partial charge in [-0.05, 0) is 181 Å². The summed E-state index contributed by atoms with van der Waals surface area (Å²) in [6, 6.07) is 13.6. The second-order valence-corrected chi connectivity index (χ2v) is 46.8. The molecular formula is C114H163Cl3N2O28S. The number of aromatic nitrogens is 2. The first-order valence-corrected chi connectivity index (χ1v) is 55.7. The van der Waals surface area contributed by atoms with E-state index < -0.39 is 182 Å². The van der Waals surface area contributed by atoms with E-state index in [1.807, 2.05) is 81.0 Å². The number of carbonyl (C=O) groups is 2. The monoisotopic (exact) mass is 2150 g/mol. The molecule has 2 aliphatic carbocycles. The van der Waals surface area contributed by atoms with Crippen molar-refractivity contribution in [3.8, 4) is 0 Å². The van der Waals surface area contributed by atoms with Gasteiger partial charge in [0.15, 0.2) is 36.7 Å². The predicted octanol–water partition coefficient (Wildman–Crippen LogP) is 17.4. The fourth-order valence-corrected chi connectivity index (χ4v) is 26.3. The van der Waals surface area contributed by atoms with Crippen LogP contribution < -0.4 is 0 Å². The quantitative estimate of drug-likeness (QED) is 0.0309. The largest absolute Gasteiger partial charge is 0.462 e. The third-order valence-corrected chi connectivity index (χ3v) is 35.7. The van der Waals surface area contributed by atoms with E-state index in [2.05, 4.69) is 103 Å². The number of methoxy groups -OCH3 is 4. The Labute approximate surface area is 893 Å². The van der Waals surface area contributed by atoms with Gasteiger partial charge < -0.3 is 130 Å². The van der Waals surface area contributed by atoms with Crippen LogP contribution in [0, 0.1) is 47.3 Å². The molecule has 14 aliphatic rings. The van der Waals surface area contributed by atoms with Crippen molar-refractivity contribution in [2.75, 3.05) is 41.7 Å². The minimum absolute atomic E-state index is 0.00708. The maximum Gasteiger partial charge on any atom is 0.316 e. The SMILES string of the molecule is CC[C@H](C)[C@H]1O[C@]2(CC[C@@H]1C)C[C@@H]1C[C@@H](C/C=C(\C)[C@@H](O[C@H]3C[C@H](OC)[C@@H](O[C@H]4C[C@H](OC)[C@@H](O)[C@H](C)O4)[C@H](C)O3)[C@@H](C)/C=C/C=C3\CO[C@@H]4[C@H](O)C(C)=C[C@@H](C(=O)O1)[C@]34O)O2.CO[C@H]1C[C@H](O[C@H]2[C@H](C)O[C@@H](O[C@@H]3/C(C)=C/C[C@@H]4C[C@@H](C[C@]5(CC[C@H](C)[C@@H](C(C)C)O5)O4)OC(=O)[C@@H]4C=C(C)[C@@H](O)[C@H]5OC/C(=C\C=C\[C@@H]3C)[C@]54O)C[C@@H]2OC)O[C@@H](C)[C@@H]1O.Clc1ccc(CCC(Cn2ccnc2)Sc2c(Cl)cccc2Cl)cc1. The van der Waals surface area contributed by atoms with E-state index in [4.69, 9.17) is 130 Å². The number of allylic oxidation sites excluding steroid dienone is 4. The van der Waals surface area contributed by atoms with Gasteiger partial charge in [-0.3, -0.25) is 9.59 Å². The molecular weight excluding hydrogens is 1980 g/mol. The van der Waals surface area contributed by atoms with Gasteiger partial charge >= 0.3 is 11.9 Å². The molecule has 4 bridgehead atoms. The lowest BCUT2D eigenvalue weighted by Gasteiger charge is -2.51. The second kappa shape index (κ2) is 51.4. The Bertz CT molecular complexity index is 5100. The zero-order chi connectivity index (χ0) is 106. The van der Waals surface area contributed by atoms with Gasteiger partial charge in [0.25, 0.3) is 0 Å². The molecule has 12 aliphatic heterocycles. The Morgan fingerprint density at radius 1 is 0.534 bits per heavy atom. The van der Waals surface area contributed by atoms with E-state index in [1.54, 1.807) is 98.4 Å². The number of aryl methyl sites for hydroxylation is 1. The standard InChI is InChI=1S/C48H74O14.C47H72O14.C19H17Cl3N2S/c1-11-25(2)43-28(5)17-18-47(62-43)23-34-20-33(61-47)16-15-27(4)42(26(3)13-12-14-32-24-55-45-40(49)29(6)19-35(46(51)58-34)48(32,45)52)59-39-22-37(54-10)44(31(8)57-39)60-38-21-36(53-9)41(50)30(7)56-38;1-24(2)41-27(5)16-17-46(61-41)22-33-19-32(60-46)15-14-26(4)42(25(3)12-11-13-31-23-54-44-39(48)28(6)18-34(45(50)57-33)47(31,44)51)58-38-21-36(53-10)43(30(8)56-38)59-37-20-35(52-9)40(49)29(7)55-37;20-15-7-4-14(5-8-15)6-9-16(12-24-11-10-23-13-24)25-19-17(21)2-1-3-18(19)22/h12-15,19,25-26,28,30-31,33-45,49-50,52H,11,16-18,20-24H2,1-10H3;11-14,18,24-25,27,29-30,32-44,48-49,51H,15-17,19-23H2,1-10H3;1-5,7-8,10-11,13,16H,6,9,12H2/b13-12+,27-15+,32-14+;12-11+,26-14+,31-13+;/t25-,26-,28-,30-,31-,33+,34-,35-,36-,37-,38-,39-,40+,41-,42-,43+,44-,45+,47+,48+;25-,27-,29-,30-,32+,33-,34-,35-,36-,37-,38-,39+,40-,41+,42-,43-,44+,46+,47+;/m00./s1. The lowest BCUT2D eigenvalue weighted by atomic mass is 9.71. The molecule has 1 aromatic heterocycles. The van der Waals surface area contributed by atoms with Gasteiger partial charge in [0.1, 0.15) is 84.1 Å². The van der Waals surface area contributed by atoms with E-state index in [0.29, 0.717) is 132 Å². The number of rotatable bonds is 22. The van der Waals surface area contributed by atoms with E-state index in [-0.39, 0.29) is 67.6 Å². The molecule has 10 fully saturated rings. The number of ether oxygens (including phenoxy) is 20. The van der Waals surface area contributed by atoms with Gasteiger partial charge in [0.05, 0.1) is 115 Å². The van der Waals surface area contributed by atoms with Crippen molar-refractivity contribution in [1.29, 1.82) is 0 Å². The molecule has 148 heavy (non-hydrogen) atoms. The Morgan fingerprint density at radius 3 is 1.40 bits per heavy atom. The molecule has 2 aromatic carbocycles. The first-order chi connectivity index (χ1) is 70.6. The number of hydrogen-bond donors (Lipinski definition) is 6. The van der Waals surface area contributed by atoms with Crippen LogP contribution in [0.2, 0.25) is 15.1 Å². The van der Waals surface area contributed by atoms with Crippen molar-refractivity contribution >= 4 is 58.5 Å². The molecule has 3 aromatic rings. The smallest absolute Gasteiger partial charge is 0.316 e. The van der Waals surface area contributed by atoms with Crippen LogP contribution in [0.5, 0.6) is 0 Å². The third kappa shape index (κ3) is 27.1. The summed E-state index contributed by atoms with van der Waals surface area (Å²) in [5.41, 5.74) is 1.64. The molecule has 6 N–H and O–H groups in total. The average molecular weight is 2150 g/mol. The lowest BCUT2D eigenvalue weighted by molar-refractivity contribution is -0.341. The van der Waals surface area contributed by atoms with Gasteiger partial charge in [-0.2, -0.15) is 0 Å². The van der Waals surface area contributed by atoms with Crippen LogP contribution in [0.25, 0.3) is 0 Å². The number of carbonyl (C=O) groups excluding carboxylic acids is 2. The van der Waals surface area contributed by atoms with Crippen LogP contribution in [-0.2, 0) is 117 Å². The molecule has 0 radical (unpaired) electrons. The number of halogens is 3. The minimum atomic E-state index is -1.82. The van der Waals surface area contributed by atoms with Crippen LogP contribution >= 0.6 is 46.6 Å². The number of nitrogens with zero attached hydrogens (tertiary/aromatic N) is 2. The molecule has 13 heterocycles. The summed E-state index contributed by atoms with van der Waals surface area (Å²) < 4.78 is 130. The number of thioether (sulfide) groups is 1. The van der Waals surface area contributed by atoms with Gasteiger partial charge in [-0.15, -0.1) is 11.8 Å². The number of aliphatic hydroxyl groups excluding tert-OH is 4. The molecule has 0 amide bonds. The molecule has 1 unspecified atom stereocenters. The Morgan fingerprint density at radius 2 is 0.966 bits per heavy atom. The molecule has 0 saturated carbocycles. The van der Waals surface area contributed by atoms with E-state index in [9.17, 15) is 40.2 Å². The maximum absolute atomic E-state index is 14.4. The Hall–Kier alpha value is -5.23. The normalized spacial score (nSPS) is 43.2. The summed E-state index contributed by atoms with van der Waals surface area (Å²) in [4.78, 5) is 33.8. The summed E-state index contributed by atoms with van der Waals surface area (Å²) in [6.07, 6.45) is 19.6. The van der Waals surface area contributed by atoms with Crippen LogP contribution in [0.15, 0.2) is 160 Å². The zero-order valence-corrected chi connectivity index (χ0v) is 92.7. The Kier molecular flexibility index (Phi) is 40.6. The highest BCUT2D eigenvalue weighted by molar-refractivity contribution is 8.00. The molecule has 824 valence electrons. The number of benzene rings is 2. The van der Waals surface area contributed by atoms with Gasteiger partial charge in [-0.1, -0.05) is 176 Å². The highest BCUT2D eigenvalue weighted by Gasteiger charge is 2.63. The maximum atomic E-state index is 14.4. The molecule has 30 nitrogen and oxygen atoms in total. The number of aliphatic hydroxyl groups is 6. The zero-order valence-electron chi connectivity index (χ0n) is 89.7. The van der Waals surface area contributed by atoms with Gasteiger partial charge in [0.2, 0.25) is 0 Å². The first kappa shape index (κ1) is 117. The van der Waals surface area contributed by atoms with Gasteiger partial charge in [-0.25, -0.2) is 4.98 Å². The molecule has 17 rings (SSSR count). The fraction of sp³-hybridized carbons (Fsp3) is 0.711. The van der Waals surface area contributed by atoms with Crippen LogP contribution in [0.4, 0.5) is 0 Å². The van der Waals surface area contributed by atoms with Crippen molar-refractivity contribution < 1.29 is 135 Å². The summed E-state index contributed by atoms with van der Waals surface area (Å²) in [7, 11) is 6.45. The number of esters is 2. The van der Waals surface area contributed by atoms with E-state index in [1.165, 1.54) is 5.56 Å². The first-order valence-electron chi connectivity index (χ1n) is 53.7. The summed E-state index contributed by atoms with van der Waals surface area (Å²) in [5, 5.41) is 70.9. The average Bonchev–Trinajstić information content (AvgIpc) is 1.55. The predicted molar refractivity (Wildman–Crippen MR) is 558 cm³/mol. The number of fused-ring (bicyclic) bond motifs is 4. The molecule has 34 heteroatoms. The topological polar surface area (TPSA) is 358 Å². The summed E-state index contributed by atoms with van der Waals surface area (Å²) >= 11 is 20.4. The lowest BCUT2D eigenvalue weighted by Crippen LogP contribution is -2.58. The molecule has 2 spiro atoms. The van der Waals surface area contributed by atoms with Crippen molar-refractivity contribution in [2.45, 2.75) is 431 Å². The second-order valence-electron chi connectivity index (χ2n) is 44.3. The number of hydrogen-bond acceptors (Lipinski definition) is 30. The highest BCUT2D eigenvalue weighted by atomic mass is 35.5. The van der Waals surface area contributed by atoms with Gasteiger partial charge in [0, 0.05) is 139 Å². The van der Waals surface area contributed by atoms with E-state index >= 15 is 0 Å². The van der Waals surface area contributed by atoms with Crippen molar-refractivity contribution in [1.82, 2.24) is 9.55 Å². The highest BCUT2D eigenvalue weighted by Crippen LogP contribution is 2.53.